The van der Waals surface area contributed by atoms with E-state index in [1.54, 1.807) is 0 Å². The first-order valence-electron chi connectivity index (χ1n) is 15.7. The standard InChI is InChI=1S/C40H30N6O/c1-23-11-9-12-24(2)36(23)40-44-43-39-30-22-34(26(4)42-38(30)37-25(3)13-10-16-32(37)46(39)40)47-27-18-19-29-28-14-5-6-15-31(28)45(33(29)21-27)35-17-7-8-20-41-35/h5-22H,1-4H3. The van der Waals surface area contributed by atoms with Gasteiger partial charge in [0.05, 0.1) is 27.8 Å². The zero-order chi connectivity index (χ0) is 31.8. The van der Waals surface area contributed by atoms with E-state index < -0.39 is 0 Å². The summed E-state index contributed by atoms with van der Waals surface area (Å²) in [6.45, 7) is 8.38. The number of benzene rings is 4. The van der Waals surface area contributed by atoms with E-state index in [0.29, 0.717) is 11.5 Å². The largest absolute Gasteiger partial charge is 0.455 e. The van der Waals surface area contributed by atoms with Gasteiger partial charge in [-0.1, -0.05) is 54.6 Å². The van der Waals surface area contributed by atoms with E-state index in [1.807, 2.05) is 37.4 Å². The molecule has 0 aliphatic carbocycles. The van der Waals surface area contributed by atoms with E-state index in [1.165, 1.54) is 5.39 Å². The van der Waals surface area contributed by atoms with Crippen molar-refractivity contribution in [3.63, 3.8) is 0 Å². The molecule has 0 atom stereocenters. The fourth-order valence-corrected chi connectivity index (χ4v) is 7.09. The molecular weight excluding hydrogens is 580 g/mol. The summed E-state index contributed by atoms with van der Waals surface area (Å²) in [5, 5.41) is 13.8. The van der Waals surface area contributed by atoms with E-state index in [4.69, 9.17) is 19.9 Å². The number of para-hydroxylation sites is 1. The molecule has 7 heteroatoms. The zero-order valence-corrected chi connectivity index (χ0v) is 26.5. The molecule has 0 radical (unpaired) electrons. The fourth-order valence-electron chi connectivity index (χ4n) is 7.09. The van der Waals surface area contributed by atoms with Crippen LogP contribution in [0.25, 0.3) is 66.5 Å². The van der Waals surface area contributed by atoms with Gasteiger partial charge in [-0.15, -0.1) is 10.2 Å². The summed E-state index contributed by atoms with van der Waals surface area (Å²) >= 11 is 0. The summed E-state index contributed by atoms with van der Waals surface area (Å²) in [6.07, 6.45) is 1.82. The van der Waals surface area contributed by atoms with Crippen molar-refractivity contribution in [2.75, 3.05) is 0 Å². The highest BCUT2D eigenvalue weighted by atomic mass is 16.5. The molecule has 5 aromatic heterocycles. The lowest BCUT2D eigenvalue weighted by molar-refractivity contribution is 0.477. The van der Waals surface area contributed by atoms with Crippen molar-refractivity contribution >= 4 is 49.3 Å². The molecule has 7 nitrogen and oxygen atoms in total. The number of pyridine rings is 3. The second-order valence-electron chi connectivity index (χ2n) is 12.2. The number of hydrogen-bond acceptors (Lipinski definition) is 5. The first kappa shape index (κ1) is 27.2. The number of ether oxygens (including phenoxy) is 1. The minimum absolute atomic E-state index is 0.670. The number of hydrogen-bond donors (Lipinski definition) is 0. The van der Waals surface area contributed by atoms with Crippen LogP contribution >= 0.6 is 0 Å². The van der Waals surface area contributed by atoms with Crippen molar-refractivity contribution in [3.8, 4) is 28.7 Å². The van der Waals surface area contributed by atoms with Gasteiger partial charge in [-0.2, -0.15) is 0 Å². The van der Waals surface area contributed by atoms with E-state index in [9.17, 15) is 0 Å². The van der Waals surface area contributed by atoms with Gasteiger partial charge in [0, 0.05) is 39.4 Å². The highest BCUT2D eigenvalue weighted by Crippen LogP contribution is 2.39. The maximum Gasteiger partial charge on any atom is 0.171 e. The lowest BCUT2D eigenvalue weighted by atomic mass is 10.0. The van der Waals surface area contributed by atoms with Crippen LogP contribution in [0.4, 0.5) is 0 Å². The number of aryl methyl sites for hydroxylation is 4. The van der Waals surface area contributed by atoms with Crippen LogP contribution in [-0.4, -0.2) is 29.1 Å². The van der Waals surface area contributed by atoms with Crippen molar-refractivity contribution in [1.29, 1.82) is 0 Å². The lowest BCUT2D eigenvalue weighted by Gasteiger charge is -2.15. The van der Waals surface area contributed by atoms with Crippen molar-refractivity contribution < 1.29 is 4.74 Å². The smallest absolute Gasteiger partial charge is 0.171 e. The molecular formula is C40H30N6O. The van der Waals surface area contributed by atoms with Crippen molar-refractivity contribution in [1.82, 2.24) is 29.1 Å². The Morgan fingerprint density at radius 3 is 2.19 bits per heavy atom. The molecule has 47 heavy (non-hydrogen) atoms. The molecule has 0 spiro atoms. The summed E-state index contributed by atoms with van der Waals surface area (Å²) in [5.74, 6) is 3.07. The summed E-state index contributed by atoms with van der Waals surface area (Å²) in [5.41, 5.74) is 10.1. The fraction of sp³-hybridized carbons (Fsp3) is 0.100. The third-order valence-corrected chi connectivity index (χ3v) is 9.26. The Kier molecular flexibility index (Phi) is 5.93. The summed E-state index contributed by atoms with van der Waals surface area (Å²) < 4.78 is 11.0. The molecule has 5 heterocycles. The number of aromatic nitrogens is 6. The van der Waals surface area contributed by atoms with E-state index in [-0.39, 0.29) is 0 Å². The van der Waals surface area contributed by atoms with Crippen molar-refractivity contribution in [3.05, 3.63) is 132 Å². The van der Waals surface area contributed by atoms with Crippen LogP contribution in [0, 0.1) is 27.7 Å². The molecule has 0 amide bonds. The van der Waals surface area contributed by atoms with Gasteiger partial charge in [-0.3, -0.25) is 8.97 Å². The molecule has 0 N–H and O–H groups in total. The predicted molar refractivity (Wildman–Crippen MR) is 189 cm³/mol. The van der Waals surface area contributed by atoms with Crippen LogP contribution in [0.1, 0.15) is 22.4 Å². The topological polar surface area (TPSA) is 70.1 Å². The van der Waals surface area contributed by atoms with Crippen molar-refractivity contribution in [2.24, 2.45) is 0 Å². The number of fused-ring (bicyclic) bond motifs is 9. The molecule has 4 aromatic carbocycles. The van der Waals surface area contributed by atoms with E-state index in [0.717, 1.165) is 83.5 Å². The van der Waals surface area contributed by atoms with E-state index in [2.05, 4.69) is 114 Å². The van der Waals surface area contributed by atoms with Gasteiger partial charge < -0.3 is 4.74 Å². The molecule has 0 saturated carbocycles. The average Bonchev–Trinajstić information content (AvgIpc) is 3.66. The van der Waals surface area contributed by atoms with Gasteiger partial charge in [0.15, 0.2) is 11.5 Å². The Bertz CT molecular complexity index is 2690. The maximum absolute atomic E-state index is 6.68. The Hall–Kier alpha value is -6.08. The molecule has 0 saturated heterocycles. The molecule has 226 valence electrons. The Balaban J connectivity index is 1.27. The van der Waals surface area contributed by atoms with Gasteiger partial charge in [0.25, 0.3) is 0 Å². The minimum Gasteiger partial charge on any atom is -0.455 e. The van der Waals surface area contributed by atoms with Gasteiger partial charge >= 0.3 is 0 Å². The third-order valence-electron chi connectivity index (χ3n) is 9.26. The van der Waals surface area contributed by atoms with Crippen LogP contribution in [0.5, 0.6) is 11.5 Å². The van der Waals surface area contributed by atoms with Crippen LogP contribution in [0.2, 0.25) is 0 Å². The quantitative estimate of drug-likeness (QED) is 0.186. The second kappa shape index (κ2) is 10.2. The average molecular weight is 611 g/mol. The maximum atomic E-state index is 6.68. The van der Waals surface area contributed by atoms with Crippen LogP contribution < -0.4 is 4.74 Å². The van der Waals surface area contributed by atoms with Gasteiger partial charge in [-0.25, -0.2) is 9.97 Å². The third kappa shape index (κ3) is 4.06. The normalized spacial score (nSPS) is 11.8. The number of nitrogens with zero attached hydrogens (tertiary/aromatic N) is 6. The lowest BCUT2D eigenvalue weighted by Crippen LogP contribution is -2.00. The van der Waals surface area contributed by atoms with Crippen LogP contribution in [0.15, 0.2) is 109 Å². The molecule has 0 bridgehead atoms. The molecule has 0 fully saturated rings. The second-order valence-corrected chi connectivity index (χ2v) is 12.2. The predicted octanol–water partition coefficient (Wildman–Crippen LogP) is 9.62. The molecule has 0 aliphatic heterocycles. The van der Waals surface area contributed by atoms with E-state index >= 15 is 0 Å². The SMILES string of the molecule is Cc1cccc(C)c1-c1nnc2c3cc(Oc4ccc5c6ccccc6n(-c6ccccn6)c5c4)c(C)nc3c3c(C)cccc3n12. The van der Waals surface area contributed by atoms with Gasteiger partial charge in [-0.05, 0) is 86.8 Å². The molecule has 9 aromatic rings. The molecule has 0 unspecified atom stereocenters. The Morgan fingerprint density at radius 2 is 1.36 bits per heavy atom. The van der Waals surface area contributed by atoms with Crippen LogP contribution in [-0.2, 0) is 0 Å². The monoisotopic (exact) mass is 610 g/mol. The summed E-state index contributed by atoms with van der Waals surface area (Å²) in [4.78, 5) is 9.84. The Labute approximate surface area is 270 Å². The highest BCUT2D eigenvalue weighted by Gasteiger charge is 2.21. The Morgan fingerprint density at radius 1 is 0.617 bits per heavy atom. The summed E-state index contributed by atoms with van der Waals surface area (Å²) in [7, 11) is 0. The van der Waals surface area contributed by atoms with Crippen LogP contribution in [0.3, 0.4) is 0 Å². The molecule has 0 aliphatic rings. The van der Waals surface area contributed by atoms with Gasteiger partial charge in [0.1, 0.15) is 17.3 Å². The summed E-state index contributed by atoms with van der Waals surface area (Å²) in [6, 6.07) is 35.4. The van der Waals surface area contributed by atoms with Gasteiger partial charge in [0.2, 0.25) is 0 Å². The minimum atomic E-state index is 0.670. The first-order valence-corrected chi connectivity index (χ1v) is 15.7. The highest BCUT2D eigenvalue weighted by molar-refractivity contribution is 6.12. The zero-order valence-electron chi connectivity index (χ0n) is 26.5. The first-order chi connectivity index (χ1) is 23.0. The number of rotatable bonds is 4. The van der Waals surface area contributed by atoms with Crippen molar-refractivity contribution in [2.45, 2.75) is 27.7 Å². The molecule has 9 rings (SSSR count).